The number of thiophene rings is 1. The van der Waals surface area contributed by atoms with Gasteiger partial charge in [-0.25, -0.2) is 0 Å². The van der Waals surface area contributed by atoms with Crippen molar-refractivity contribution in [2.45, 2.75) is 19.3 Å². The van der Waals surface area contributed by atoms with Crippen molar-refractivity contribution in [1.29, 1.82) is 0 Å². The van der Waals surface area contributed by atoms with Crippen LogP contribution in [0.15, 0.2) is 28.7 Å². The van der Waals surface area contributed by atoms with Gasteiger partial charge in [0.15, 0.2) is 11.5 Å². The molecule has 0 amide bonds. The van der Waals surface area contributed by atoms with Crippen molar-refractivity contribution in [1.82, 2.24) is 10.2 Å². The molecule has 116 valence electrons. The van der Waals surface area contributed by atoms with Gasteiger partial charge in [-0.1, -0.05) is 0 Å². The Balaban J connectivity index is 1.49. The zero-order valence-electron chi connectivity index (χ0n) is 12.4. The molecule has 5 nitrogen and oxygen atoms in total. The summed E-state index contributed by atoms with van der Waals surface area (Å²) in [4.78, 5) is 2.52. The fraction of sp³-hybridized carbons (Fsp3) is 0.294. The lowest BCUT2D eigenvalue weighted by Gasteiger charge is -2.18. The van der Waals surface area contributed by atoms with Crippen LogP contribution < -0.4 is 9.47 Å². The smallest absolute Gasteiger partial charge is 0.258 e. The number of ether oxygens (including phenoxy) is 2. The van der Waals surface area contributed by atoms with Gasteiger partial charge in [0, 0.05) is 10.4 Å². The Bertz CT molecular complexity index is 862. The molecule has 0 atom stereocenters. The fourth-order valence-electron chi connectivity index (χ4n) is 3.05. The van der Waals surface area contributed by atoms with E-state index in [1.165, 1.54) is 23.3 Å². The Kier molecular flexibility index (Phi) is 2.91. The van der Waals surface area contributed by atoms with Crippen molar-refractivity contribution in [2.75, 3.05) is 13.2 Å². The van der Waals surface area contributed by atoms with Crippen LogP contribution in [0.3, 0.4) is 0 Å². The van der Waals surface area contributed by atoms with Crippen LogP contribution in [0.25, 0.3) is 22.2 Å². The molecule has 2 aliphatic rings. The molecule has 0 saturated carbocycles. The van der Waals surface area contributed by atoms with Gasteiger partial charge in [0.1, 0.15) is 13.2 Å². The van der Waals surface area contributed by atoms with Crippen molar-refractivity contribution in [3.63, 3.8) is 0 Å². The van der Waals surface area contributed by atoms with Crippen LogP contribution in [0.4, 0.5) is 0 Å². The third kappa shape index (κ3) is 2.21. The standard InChI is InChI=1S/C17H14N2O3S/c1-2-10-9-15(23-14(10)3-1)17-19-18-16(22-17)11-4-5-12-13(8-11)21-7-6-20-12/h4-5,8-9H,1-3,6-7H2. The molecule has 1 aromatic carbocycles. The van der Waals surface area contributed by atoms with Gasteiger partial charge in [0.05, 0.1) is 4.88 Å². The summed E-state index contributed by atoms with van der Waals surface area (Å²) >= 11 is 1.77. The van der Waals surface area contributed by atoms with Crippen molar-refractivity contribution in [3.05, 3.63) is 34.7 Å². The SMILES string of the molecule is c1cc2c(cc1-c1nnc(-c3cc4c(s3)CCC4)o1)OCCO2. The van der Waals surface area contributed by atoms with E-state index in [2.05, 4.69) is 16.3 Å². The minimum Gasteiger partial charge on any atom is -0.486 e. The zero-order chi connectivity index (χ0) is 15.2. The highest BCUT2D eigenvalue weighted by Gasteiger charge is 2.20. The number of fused-ring (bicyclic) bond motifs is 2. The lowest BCUT2D eigenvalue weighted by atomic mass is 10.2. The van der Waals surface area contributed by atoms with E-state index >= 15 is 0 Å². The van der Waals surface area contributed by atoms with E-state index in [9.17, 15) is 0 Å². The Morgan fingerprint density at radius 2 is 1.78 bits per heavy atom. The summed E-state index contributed by atoms with van der Waals surface area (Å²) in [5, 5.41) is 8.40. The van der Waals surface area contributed by atoms with Crippen molar-refractivity contribution < 1.29 is 13.9 Å². The zero-order valence-corrected chi connectivity index (χ0v) is 13.2. The first-order chi connectivity index (χ1) is 11.4. The Labute approximate surface area is 136 Å². The molecular formula is C17H14N2O3S. The summed E-state index contributed by atoms with van der Waals surface area (Å²) in [6.07, 6.45) is 3.59. The molecule has 0 N–H and O–H groups in total. The topological polar surface area (TPSA) is 57.4 Å². The predicted molar refractivity (Wildman–Crippen MR) is 86.1 cm³/mol. The number of benzene rings is 1. The van der Waals surface area contributed by atoms with E-state index in [4.69, 9.17) is 13.9 Å². The van der Waals surface area contributed by atoms with E-state index in [1.807, 2.05) is 18.2 Å². The molecule has 0 unspecified atom stereocenters. The van der Waals surface area contributed by atoms with Crippen molar-refractivity contribution >= 4 is 11.3 Å². The van der Waals surface area contributed by atoms with Crippen molar-refractivity contribution in [3.8, 4) is 33.7 Å². The molecule has 3 heterocycles. The van der Waals surface area contributed by atoms with E-state index in [1.54, 1.807) is 11.3 Å². The molecular weight excluding hydrogens is 312 g/mol. The van der Waals surface area contributed by atoms with Crippen LogP contribution >= 0.6 is 11.3 Å². The van der Waals surface area contributed by atoms with Crippen molar-refractivity contribution in [2.24, 2.45) is 0 Å². The Morgan fingerprint density at radius 3 is 2.70 bits per heavy atom. The quantitative estimate of drug-likeness (QED) is 0.718. The van der Waals surface area contributed by atoms with Crippen LogP contribution in [0, 0.1) is 0 Å². The van der Waals surface area contributed by atoms with E-state index in [0.29, 0.717) is 25.0 Å². The minimum absolute atomic E-state index is 0.505. The van der Waals surface area contributed by atoms with Gasteiger partial charge in [-0.05, 0) is 49.1 Å². The largest absolute Gasteiger partial charge is 0.486 e. The molecule has 1 aliphatic heterocycles. The maximum atomic E-state index is 5.88. The normalized spacial score (nSPS) is 15.7. The third-order valence-electron chi connectivity index (χ3n) is 4.17. The molecule has 0 spiro atoms. The Hall–Kier alpha value is -2.34. The van der Waals surface area contributed by atoms with Crippen LogP contribution in [0.5, 0.6) is 11.5 Å². The average molecular weight is 326 g/mol. The molecule has 0 saturated heterocycles. The first kappa shape index (κ1) is 13.1. The van der Waals surface area contributed by atoms with Gasteiger partial charge in [-0.2, -0.15) is 0 Å². The molecule has 23 heavy (non-hydrogen) atoms. The molecule has 2 aromatic heterocycles. The second-order valence-corrected chi connectivity index (χ2v) is 6.82. The van der Waals surface area contributed by atoms with Crippen LogP contribution in [-0.2, 0) is 12.8 Å². The van der Waals surface area contributed by atoms with Gasteiger partial charge in [0.25, 0.3) is 5.89 Å². The van der Waals surface area contributed by atoms with Gasteiger partial charge < -0.3 is 13.9 Å². The van der Waals surface area contributed by atoms with Crippen LogP contribution in [0.1, 0.15) is 16.9 Å². The molecule has 0 bridgehead atoms. The minimum atomic E-state index is 0.505. The maximum Gasteiger partial charge on any atom is 0.258 e. The first-order valence-electron chi connectivity index (χ1n) is 7.72. The second kappa shape index (κ2) is 5.09. The van der Waals surface area contributed by atoms with Gasteiger partial charge in [-0.15, -0.1) is 21.5 Å². The number of nitrogens with zero attached hydrogens (tertiary/aromatic N) is 2. The molecule has 5 rings (SSSR count). The molecule has 0 radical (unpaired) electrons. The van der Waals surface area contributed by atoms with E-state index < -0.39 is 0 Å². The number of aryl methyl sites for hydroxylation is 2. The monoisotopic (exact) mass is 326 g/mol. The molecule has 1 aliphatic carbocycles. The highest BCUT2D eigenvalue weighted by Crippen LogP contribution is 2.38. The lowest BCUT2D eigenvalue weighted by molar-refractivity contribution is 0.171. The summed E-state index contributed by atoms with van der Waals surface area (Å²) in [5.41, 5.74) is 2.28. The van der Waals surface area contributed by atoms with E-state index in [0.717, 1.165) is 28.4 Å². The summed E-state index contributed by atoms with van der Waals surface area (Å²) in [6, 6.07) is 7.88. The van der Waals surface area contributed by atoms with Gasteiger partial charge in [-0.3, -0.25) is 0 Å². The lowest BCUT2D eigenvalue weighted by Crippen LogP contribution is -2.15. The highest BCUT2D eigenvalue weighted by molar-refractivity contribution is 7.15. The average Bonchev–Trinajstić information content (AvgIpc) is 3.29. The first-order valence-corrected chi connectivity index (χ1v) is 8.54. The molecule has 3 aromatic rings. The number of hydrogen-bond acceptors (Lipinski definition) is 6. The molecule has 6 heteroatoms. The fourth-order valence-corrected chi connectivity index (χ4v) is 4.23. The van der Waals surface area contributed by atoms with Gasteiger partial charge >= 0.3 is 0 Å². The predicted octanol–water partition coefficient (Wildman–Crippen LogP) is 3.73. The number of aromatic nitrogens is 2. The van der Waals surface area contributed by atoms with E-state index in [-0.39, 0.29) is 0 Å². The second-order valence-electron chi connectivity index (χ2n) is 5.68. The Morgan fingerprint density at radius 1 is 0.913 bits per heavy atom. The summed E-state index contributed by atoms with van der Waals surface area (Å²) < 4.78 is 17.0. The summed E-state index contributed by atoms with van der Waals surface area (Å²) in [5.74, 6) is 2.58. The third-order valence-corrected chi connectivity index (χ3v) is 5.40. The maximum absolute atomic E-state index is 5.88. The van der Waals surface area contributed by atoms with Crippen LogP contribution in [-0.4, -0.2) is 23.4 Å². The number of hydrogen-bond donors (Lipinski definition) is 0. The molecule has 0 fully saturated rings. The van der Waals surface area contributed by atoms with Crippen LogP contribution in [0.2, 0.25) is 0 Å². The number of rotatable bonds is 2. The summed E-state index contributed by atoms with van der Waals surface area (Å²) in [7, 11) is 0. The summed E-state index contributed by atoms with van der Waals surface area (Å²) in [6.45, 7) is 1.15. The highest BCUT2D eigenvalue weighted by atomic mass is 32.1. The van der Waals surface area contributed by atoms with Gasteiger partial charge in [0.2, 0.25) is 5.89 Å².